The van der Waals surface area contributed by atoms with Crippen molar-refractivity contribution in [1.29, 1.82) is 0 Å². The SMILES string of the molecule is COCC1(NC(=O)[O-])CCN(c2cccnc2NC(=O)c2nc(-c3ncccc3C(F)(F)F)cnc2N)C(C(C)(C)C)C1. The van der Waals surface area contributed by atoms with Crippen LogP contribution in [-0.4, -0.2) is 63.8 Å². The number of piperidine rings is 1. The molecule has 1 fully saturated rings. The lowest BCUT2D eigenvalue weighted by molar-refractivity contribution is -0.254. The zero-order valence-corrected chi connectivity index (χ0v) is 24.0. The largest absolute Gasteiger partial charge is 0.530 e. The van der Waals surface area contributed by atoms with Gasteiger partial charge in [0.2, 0.25) is 0 Å². The van der Waals surface area contributed by atoms with Gasteiger partial charge in [-0.1, -0.05) is 20.8 Å². The van der Waals surface area contributed by atoms with Gasteiger partial charge in [0.05, 0.1) is 29.6 Å². The quantitative estimate of drug-likeness (QED) is 0.365. The van der Waals surface area contributed by atoms with Gasteiger partial charge in [0.1, 0.15) is 17.5 Å². The van der Waals surface area contributed by atoms with E-state index in [4.69, 9.17) is 10.5 Å². The second kappa shape index (κ2) is 12.0. The third-order valence-electron chi connectivity index (χ3n) is 7.28. The molecule has 1 aliphatic heterocycles. The molecule has 12 nitrogen and oxygen atoms in total. The molecule has 2 atom stereocenters. The minimum atomic E-state index is -4.71. The van der Waals surface area contributed by atoms with Gasteiger partial charge in [0.25, 0.3) is 5.91 Å². The molecule has 0 bridgehead atoms. The molecule has 1 saturated heterocycles. The number of pyridine rings is 2. The number of halogens is 3. The van der Waals surface area contributed by atoms with Crippen molar-refractivity contribution in [2.45, 2.75) is 51.4 Å². The minimum absolute atomic E-state index is 0.138. The Bertz CT molecular complexity index is 1500. The van der Waals surface area contributed by atoms with E-state index in [-0.39, 0.29) is 35.4 Å². The molecule has 230 valence electrons. The molecule has 15 heteroatoms. The molecule has 4 N–H and O–H groups in total. The van der Waals surface area contributed by atoms with Crippen LogP contribution in [-0.2, 0) is 10.9 Å². The van der Waals surface area contributed by atoms with Gasteiger partial charge in [-0.2, -0.15) is 13.2 Å². The summed E-state index contributed by atoms with van der Waals surface area (Å²) in [5.41, 5.74) is 2.98. The number of nitrogens with one attached hydrogen (secondary N) is 2. The fourth-order valence-electron chi connectivity index (χ4n) is 5.32. The Morgan fingerprint density at radius 3 is 2.51 bits per heavy atom. The first kappa shape index (κ1) is 31.4. The van der Waals surface area contributed by atoms with Gasteiger partial charge in [-0.25, -0.2) is 15.0 Å². The molecule has 4 heterocycles. The first-order valence-electron chi connectivity index (χ1n) is 13.3. The molecule has 0 aliphatic carbocycles. The summed E-state index contributed by atoms with van der Waals surface area (Å²) in [5.74, 6) is -0.992. The lowest BCUT2D eigenvalue weighted by Gasteiger charge is -2.52. The van der Waals surface area contributed by atoms with Crippen molar-refractivity contribution in [3.05, 3.63) is 54.1 Å². The number of carboxylic acid groups (broad SMARTS) is 1. The monoisotopic (exact) mass is 601 g/mol. The number of nitrogen functional groups attached to an aromatic ring is 1. The molecule has 2 amide bonds. The van der Waals surface area contributed by atoms with Crippen molar-refractivity contribution >= 4 is 29.3 Å². The number of nitrogens with zero attached hydrogens (tertiary/aromatic N) is 5. The van der Waals surface area contributed by atoms with Crippen LogP contribution in [0, 0.1) is 5.41 Å². The number of carbonyl (C=O) groups excluding carboxylic acids is 2. The van der Waals surface area contributed by atoms with Crippen LogP contribution in [0.2, 0.25) is 0 Å². The van der Waals surface area contributed by atoms with Crippen molar-refractivity contribution in [2.24, 2.45) is 5.41 Å². The van der Waals surface area contributed by atoms with Gasteiger partial charge < -0.3 is 35.9 Å². The van der Waals surface area contributed by atoms with E-state index < -0.39 is 40.7 Å². The van der Waals surface area contributed by atoms with E-state index in [0.29, 0.717) is 25.1 Å². The Morgan fingerprint density at radius 1 is 1.16 bits per heavy atom. The number of nitrogens with two attached hydrogens (primary N) is 1. The highest BCUT2D eigenvalue weighted by atomic mass is 19.4. The van der Waals surface area contributed by atoms with Crippen LogP contribution in [0.5, 0.6) is 0 Å². The lowest BCUT2D eigenvalue weighted by atomic mass is 9.73. The van der Waals surface area contributed by atoms with Crippen LogP contribution in [0.4, 0.5) is 35.3 Å². The number of aromatic nitrogens is 4. The fourth-order valence-corrected chi connectivity index (χ4v) is 5.32. The van der Waals surface area contributed by atoms with Crippen LogP contribution >= 0.6 is 0 Å². The van der Waals surface area contributed by atoms with Crippen molar-refractivity contribution in [3.63, 3.8) is 0 Å². The average Bonchev–Trinajstić information content (AvgIpc) is 2.92. The van der Waals surface area contributed by atoms with Crippen LogP contribution in [0.25, 0.3) is 11.4 Å². The van der Waals surface area contributed by atoms with Gasteiger partial charge in [0.15, 0.2) is 17.3 Å². The maximum atomic E-state index is 13.6. The van der Waals surface area contributed by atoms with Gasteiger partial charge in [0, 0.05) is 32.1 Å². The highest BCUT2D eigenvalue weighted by molar-refractivity contribution is 6.06. The summed E-state index contributed by atoms with van der Waals surface area (Å²) in [6.45, 7) is 6.54. The standard InChI is InChI=1S/C28H33F3N8O4/c1-26(2,3)19-13-27(15-43-4,38-25(41)42)9-12-39(19)18-8-6-11-34-23(18)37-24(40)21-22(32)35-14-17(36-21)20-16(28(29,30)31)7-5-10-33-20/h5-8,10-11,14,19,38H,9,12-13,15H2,1-4H3,(H2,32,35)(H,41,42)(H,34,37,40)/p-1. The molecule has 3 aromatic heterocycles. The van der Waals surface area contributed by atoms with Crippen molar-refractivity contribution in [1.82, 2.24) is 25.3 Å². The van der Waals surface area contributed by atoms with Crippen LogP contribution in [0.1, 0.15) is 49.7 Å². The average molecular weight is 602 g/mol. The predicted molar refractivity (Wildman–Crippen MR) is 150 cm³/mol. The lowest BCUT2D eigenvalue weighted by Crippen LogP contribution is -2.65. The molecule has 2 unspecified atom stereocenters. The second-order valence-corrected chi connectivity index (χ2v) is 11.4. The molecular formula is C28H32F3N8O4-. The number of carbonyl (C=O) groups is 2. The first-order valence-corrected chi connectivity index (χ1v) is 13.3. The summed E-state index contributed by atoms with van der Waals surface area (Å²) >= 11 is 0. The van der Waals surface area contributed by atoms with E-state index >= 15 is 0 Å². The number of methoxy groups -OCH3 is 1. The summed E-state index contributed by atoms with van der Waals surface area (Å²) in [6, 6.07) is 5.20. The Kier molecular flexibility index (Phi) is 8.76. The van der Waals surface area contributed by atoms with E-state index in [9.17, 15) is 27.9 Å². The summed E-state index contributed by atoms with van der Waals surface area (Å²) < 4.78 is 46.2. The first-order chi connectivity index (χ1) is 20.1. The maximum Gasteiger partial charge on any atom is 0.418 e. The van der Waals surface area contributed by atoms with E-state index in [1.54, 1.807) is 12.1 Å². The third kappa shape index (κ3) is 6.93. The Hall–Kier alpha value is -4.53. The molecule has 0 saturated carbocycles. The van der Waals surface area contributed by atoms with E-state index in [1.807, 2.05) is 25.7 Å². The Balaban J connectivity index is 1.68. The molecule has 0 radical (unpaired) electrons. The van der Waals surface area contributed by atoms with Gasteiger partial charge in [-0.3, -0.25) is 9.78 Å². The van der Waals surface area contributed by atoms with Gasteiger partial charge >= 0.3 is 6.18 Å². The number of hydrogen-bond acceptors (Lipinski definition) is 10. The number of rotatable bonds is 7. The zero-order chi connectivity index (χ0) is 31.6. The van der Waals surface area contributed by atoms with Crippen LogP contribution in [0.3, 0.4) is 0 Å². The molecule has 0 aromatic carbocycles. The molecule has 1 aliphatic rings. The highest BCUT2D eigenvalue weighted by Gasteiger charge is 2.45. The van der Waals surface area contributed by atoms with E-state index in [0.717, 1.165) is 18.3 Å². The Morgan fingerprint density at radius 2 is 1.86 bits per heavy atom. The molecular weight excluding hydrogens is 569 g/mol. The highest BCUT2D eigenvalue weighted by Crippen LogP contribution is 2.41. The number of anilines is 3. The third-order valence-corrected chi connectivity index (χ3v) is 7.28. The summed E-state index contributed by atoms with van der Waals surface area (Å²) in [6.07, 6.45) is -1.71. The second-order valence-electron chi connectivity index (χ2n) is 11.4. The Labute approximate surface area is 245 Å². The zero-order valence-electron chi connectivity index (χ0n) is 24.0. The summed E-state index contributed by atoms with van der Waals surface area (Å²) in [4.78, 5) is 43.1. The number of amides is 2. The van der Waals surface area contributed by atoms with Crippen molar-refractivity contribution < 1.29 is 32.6 Å². The molecule has 3 aromatic rings. The number of alkyl halides is 3. The smallest absolute Gasteiger partial charge is 0.418 e. The number of hydrogen-bond donors (Lipinski definition) is 3. The topological polar surface area (TPSA) is 171 Å². The minimum Gasteiger partial charge on any atom is -0.530 e. The van der Waals surface area contributed by atoms with Crippen molar-refractivity contribution in [2.75, 3.05) is 36.2 Å². The van der Waals surface area contributed by atoms with Crippen molar-refractivity contribution in [3.8, 4) is 11.4 Å². The maximum absolute atomic E-state index is 13.6. The van der Waals surface area contributed by atoms with Crippen LogP contribution < -0.4 is 26.4 Å². The van der Waals surface area contributed by atoms with Crippen LogP contribution in [0.15, 0.2) is 42.9 Å². The molecule has 4 rings (SSSR count). The molecule has 43 heavy (non-hydrogen) atoms. The predicted octanol–water partition coefficient (Wildman–Crippen LogP) is 3.12. The number of ether oxygens (including phenoxy) is 1. The summed E-state index contributed by atoms with van der Waals surface area (Å²) in [5, 5.41) is 16.8. The normalized spacial score (nSPS) is 19.1. The van der Waals surface area contributed by atoms with Gasteiger partial charge in [-0.15, -0.1) is 0 Å². The van der Waals surface area contributed by atoms with Gasteiger partial charge in [-0.05, 0) is 42.5 Å². The molecule has 0 spiro atoms. The summed E-state index contributed by atoms with van der Waals surface area (Å²) in [7, 11) is 1.49. The van der Waals surface area contributed by atoms with E-state index in [1.165, 1.54) is 19.5 Å². The van der Waals surface area contributed by atoms with E-state index in [2.05, 4.69) is 30.6 Å². The fraction of sp³-hybridized carbons (Fsp3) is 0.429.